The molecule has 5 heteroatoms. The Morgan fingerprint density at radius 1 is 1.27 bits per heavy atom. The zero-order chi connectivity index (χ0) is 16.0. The molecule has 1 aromatic carbocycles. The van der Waals surface area contributed by atoms with Crippen molar-refractivity contribution in [3.05, 3.63) is 35.9 Å². The van der Waals surface area contributed by atoms with Gasteiger partial charge in [0.1, 0.15) is 6.10 Å². The summed E-state index contributed by atoms with van der Waals surface area (Å²) in [5.41, 5.74) is 0.430. The molecule has 0 bridgehead atoms. The van der Waals surface area contributed by atoms with Gasteiger partial charge in [-0.3, -0.25) is 9.36 Å². The van der Waals surface area contributed by atoms with Crippen molar-refractivity contribution in [2.75, 3.05) is 0 Å². The van der Waals surface area contributed by atoms with E-state index in [2.05, 4.69) is 0 Å². The van der Waals surface area contributed by atoms with Crippen molar-refractivity contribution in [1.82, 2.24) is 0 Å². The molecule has 1 aliphatic rings. The summed E-state index contributed by atoms with van der Waals surface area (Å²) >= 11 is 0. The average molecular weight is 324 g/mol. The molecule has 0 saturated heterocycles. The van der Waals surface area contributed by atoms with E-state index in [0.29, 0.717) is 19.3 Å². The predicted molar refractivity (Wildman–Crippen MR) is 87.0 cm³/mol. The Labute approximate surface area is 132 Å². The molecular weight excluding hydrogens is 299 g/mol. The SMILES string of the molecule is CCCC(=O)OC1CCCCC1P(=O)(O)Cc1ccccc1. The zero-order valence-electron chi connectivity index (χ0n) is 13.1. The second-order valence-electron chi connectivity index (χ2n) is 6.03. The molecule has 1 fully saturated rings. The van der Waals surface area contributed by atoms with Crippen molar-refractivity contribution in [3.8, 4) is 0 Å². The minimum Gasteiger partial charge on any atom is -0.461 e. The van der Waals surface area contributed by atoms with Gasteiger partial charge in [0.05, 0.1) is 11.8 Å². The molecule has 22 heavy (non-hydrogen) atoms. The Bertz CT molecular complexity index is 529. The fourth-order valence-electron chi connectivity index (χ4n) is 3.07. The Kier molecular flexibility index (Phi) is 6.22. The van der Waals surface area contributed by atoms with Gasteiger partial charge in [-0.15, -0.1) is 0 Å². The van der Waals surface area contributed by atoms with E-state index in [0.717, 1.165) is 24.8 Å². The second kappa shape index (κ2) is 7.94. The molecule has 3 unspecified atom stereocenters. The van der Waals surface area contributed by atoms with Crippen molar-refractivity contribution in [3.63, 3.8) is 0 Å². The number of hydrogen-bond acceptors (Lipinski definition) is 3. The van der Waals surface area contributed by atoms with Gasteiger partial charge < -0.3 is 9.63 Å². The van der Waals surface area contributed by atoms with Gasteiger partial charge in [-0.2, -0.15) is 0 Å². The smallest absolute Gasteiger partial charge is 0.306 e. The second-order valence-corrected chi connectivity index (χ2v) is 8.52. The standard InChI is InChI=1S/C17H25O4P/c1-2-8-17(18)21-15-11-6-7-12-16(15)22(19,20)13-14-9-4-3-5-10-14/h3-5,9-10,15-16H,2,6-8,11-13H2,1H3,(H,19,20). The van der Waals surface area contributed by atoms with E-state index in [1.54, 1.807) is 0 Å². The lowest BCUT2D eigenvalue weighted by Crippen LogP contribution is -2.34. The molecule has 4 nitrogen and oxygen atoms in total. The van der Waals surface area contributed by atoms with Crippen molar-refractivity contribution >= 4 is 13.3 Å². The van der Waals surface area contributed by atoms with E-state index >= 15 is 0 Å². The molecule has 1 saturated carbocycles. The maximum absolute atomic E-state index is 12.9. The lowest BCUT2D eigenvalue weighted by atomic mass is 9.97. The van der Waals surface area contributed by atoms with Crippen LogP contribution in [0, 0.1) is 0 Å². The van der Waals surface area contributed by atoms with Gasteiger partial charge in [-0.1, -0.05) is 43.7 Å². The first-order chi connectivity index (χ1) is 10.5. The number of esters is 1. The average Bonchev–Trinajstić information content (AvgIpc) is 2.48. The summed E-state index contributed by atoms with van der Waals surface area (Å²) in [7, 11) is -3.40. The van der Waals surface area contributed by atoms with Gasteiger partial charge in [-0.25, -0.2) is 0 Å². The first-order valence-electron chi connectivity index (χ1n) is 8.08. The third-order valence-electron chi connectivity index (χ3n) is 4.17. The highest BCUT2D eigenvalue weighted by atomic mass is 31.2. The molecule has 0 aromatic heterocycles. The molecule has 2 rings (SSSR count). The minimum absolute atomic E-state index is 0.153. The van der Waals surface area contributed by atoms with E-state index in [4.69, 9.17) is 4.74 Å². The minimum atomic E-state index is -3.40. The maximum Gasteiger partial charge on any atom is 0.306 e. The van der Waals surface area contributed by atoms with Gasteiger partial charge in [0, 0.05) is 6.42 Å². The van der Waals surface area contributed by atoms with Crippen LogP contribution in [0.25, 0.3) is 0 Å². The summed E-state index contributed by atoms with van der Waals surface area (Å²) in [5.74, 6) is -0.251. The van der Waals surface area contributed by atoms with Crippen molar-refractivity contribution in [1.29, 1.82) is 0 Å². The van der Waals surface area contributed by atoms with Crippen LogP contribution in [0.15, 0.2) is 30.3 Å². The molecule has 1 aliphatic carbocycles. The van der Waals surface area contributed by atoms with Crippen LogP contribution in [0.4, 0.5) is 0 Å². The van der Waals surface area contributed by atoms with E-state index in [1.807, 2.05) is 37.3 Å². The number of rotatable bonds is 6. The third-order valence-corrected chi connectivity index (χ3v) is 6.62. The van der Waals surface area contributed by atoms with Gasteiger partial charge in [0.15, 0.2) is 0 Å². The van der Waals surface area contributed by atoms with Crippen LogP contribution in [0.5, 0.6) is 0 Å². The summed E-state index contributed by atoms with van der Waals surface area (Å²) in [6.07, 6.45) is 4.07. The number of ether oxygens (including phenoxy) is 1. The molecule has 122 valence electrons. The summed E-state index contributed by atoms with van der Waals surface area (Å²) in [6, 6.07) is 9.36. The van der Waals surface area contributed by atoms with E-state index < -0.39 is 19.1 Å². The lowest BCUT2D eigenvalue weighted by Gasteiger charge is -2.34. The topological polar surface area (TPSA) is 63.6 Å². The summed E-state index contributed by atoms with van der Waals surface area (Å²) in [5, 5.41) is 0. The Hall–Kier alpha value is -1.12. The van der Waals surface area contributed by atoms with Crippen molar-refractivity contribution in [2.45, 2.75) is 63.4 Å². The van der Waals surface area contributed by atoms with Gasteiger partial charge in [-0.05, 0) is 31.2 Å². The molecule has 0 radical (unpaired) electrons. The summed E-state index contributed by atoms with van der Waals surface area (Å²) in [4.78, 5) is 22.3. The number of hydrogen-bond donors (Lipinski definition) is 1. The van der Waals surface area contributed by atoms with Crippen LogP contribution in [-0.2, 0) is 20.3 Å². The van der Waals surface area contributed by atoms with E-state index in [9.17, 15) is 14.3 Å². The van der Waals surface area contributed by atoms with Crippen LogP contribution in [0.3, 0.4) is 0 Å². The number of carbonyl (C=O) groups is 1. The molecule has 0 aliphatic heterocycles. The quantitative estimate of drug-likeness (QED) is 0.632. The fourth-order valence-corrected chi connectivity index (χ4v) is 5.35. The zero-order valence-corrected chi connectivity index (χ0v) is 14.0. The van der Waals surface area contributed by atoms with Crippen LogP contribution in [0.2, 0.25) is 0 Å². The molecule has 0 amide bonds. The highest BCUT2D eigenvalue weighted by Crippen LogP contribution is 2.55. The normalized spacial score (nSPS) is 24.5. The Morgan fingerprint density at radius 3 is 2.64 bits per heavy atom. The largest absolute Gasteiger partial charge is 0.461 e. The Morgan fingerprint density at radius 2 is 1.95 bits per heavy atom. The monoisotopic (exact) mass is 324 g/mol. The highest BCUT2D eigenvalue weighted by Gasteiger charge is 2.40. The van der Waals surface area contributed by atoms with Gasteiger partial charge in [0.2, 0.25) is 7.37 Å². The van der Waals surface area contributed by atoms with E-state index in [-0.39, 0.29) is 12.1 Å². The maximum atomic E-state index is 12.9. The highest BCUT2D eigenvalue weighted by molar-refractivity contribution is 7.58. The molecular formula is C17H25O4P. The van der Waals surface area contributed by atoms with Crippen molar-refractivity contribution < 1.29 is 19.0 Å². The van der Waals surface area contributed by atoms with Gasteiger partial charge >= 0.3 is 5.97 Å². The van der Waals surface area contributed by atoms with E-state index in [1.165, 1.54) is 0 Å². The van der Waals surface area contributed by atoms with Crippen LogP contribution in [-0.4, -0.2) is 22.6 Å². The molecule has 0 spiro atoms. The van der Waals surface area contributed by atoms with Gasteiger partial charge in [0.25, 0.3) is 0 Å². The fraction of sp³-hybridized carbons (Fsp3) is 0.588. The number of carbonyl (C=O) groups excluding carboxylic acids is 1. The Balaban J connectivity index is 2.08. The first kappa shape index (κ1) is 17.2. The first-order valence-corrected chi connectivity index (χ1v) is 9.99. The van der Waals surface area contributed by atoms with Crippen LogP contribution in [0.1, 0.15) is 51.0 Å². The van der Waals surface area contributed by atoms with Crippen molar-refractivity contribution in [2.24, 2.45) is 0 Å². The summed E-state index contributed by atoms with van der Waals surface area (Å²) in [6.45, 7) is 1.92. The number of benzene rings is 1. The molecule has 1 N–H and O–H groups in total. The summed E-state index contributed by atoms with van der Waals surface area (Å²) < 4.78 is 18.3. The van der Waals surface area contributed by atoms with Crippen LogP contribution < -0.4 is 0 Å². The van der Waals surface area contributed by atoms with Crippen LogP contribution >= 0.6 is 7.37 Å². The predicted octanol–water partition coefficient (Wildman–Crippen LogP) is 4.11. The lowest BCUT2D eigenvalue weighted by molar-refractivity contribution is -0.150. The molecule has 1 aromatic rings. The third kappa shape index (κ3) is 4.69. The molecule has 3 atom stereocenters. The molecule has 0 heterocycles.